The van der Waals surface area contributed by atoms with Gasteiger partial charge in [-0.15, -0.1) is 0 Å². The van der Waals surface area contributed by atoms with Crippen LogP contribution >= 0.6 is 0 Å². The van der Waals surface area contributed by atoms with Gasteiger partial charge in [-0.3, -0.25) is 14.5 Å². The first-order chi connectivity index (χ1) is 12.7. The fourth-order valence-corrected chi connectivity index (χ4v) is 5.31. The molecule has 1 saturated carbocycles. The molecular formula is C22H39N3O2. The molecule has 0 bridgehead atoms. The van der Waals surface area contributed by atoms with Crippen LogP contribution in [-0.2, 0) is 9.59 Å². The molecule has 0 N–H and O–H groups in total. The first kappa shape index (κ1) is 20.8. The summed E-state index contributed by atoms with van der Waals surface area (Å²) in [5.41, 5.74) is 0.356. The van der Waals surface area contributed by atoms with Crippen LogP contribution in [0.5, 0.6) is 0 Å². The Kier molecular flexibility index (Phi) is 6.62. The summed E-state index contributed by atoms with van der Waals surface area (Å²) < 4.78 is 0. The van der Waals surface area contributed by atoms with Crippen molar-refractivity contribution in [1.29, 1.82) is 0 Å². The van der Waals surface area contributed by atoms with E-state index < -0.39 is 0 Å². The van der Waals surface area contributed by atoms with Gasteiger partial charge >= 0.3 is 0 Å². The molecule has 3 aliphatic rings. The largest absolute Gasteiger partial charge is 0.340 e. The van der Waals surface area contributed by atoms with Crippen LogP contribution in [0, 0.1) is 23.2 Å². The van der Waals surface area contributed by atoms with Crippen molar-refractivity contribution in [1.82, 2.24) is 14.7 Å². The Bertz CT molecular complexity index is 524. The smallest absolute Gasteiger partial charge is 0.236 e. The maximum Gasteiger partial charge on any atom is 0.236 e. The van der Waals surface area contributed by atoms with E-state index in [1.54, 1.807) is 0 Å². The number of Topliss-reactive ketones (excluding diaryl/α,β-unsaturated/α-hetero) is 1. The van der Waals surface area contributed by atoms with Gasteiger partial charge in [0.05, 0.1) is 6.54 Å². The molecule has 5 nitrogen and oxygen atoms in total. The number of piperazine rings is 1. The van der Waals surface area contributed by atoms with Crippen LogP contribution in [-0.4, -0.2) is 78.7 Å². The highest BCUT2D eigenvalue weighted by atomic mass is 16.2. The van der Waals surface area contributed by atoms with Crippen LogP contribution in [0.2, 0.25) is 0 Å². The normalized spacial score (nSPS) is 23.7. The third kappa shape index (κ3) is 5.54. The second-order valence-corrected chi connectivity index (χ2v) is 10.3. The quantitative estimate of drug-likeness (QED) is 0.652. The monoisotopic (exact) mass is 377 g/mol. The minimum absolute atomic E-state index is 0.303. The van der Waals surface area contributed by atoms with Crippen molar-refractivity contribution in [3.63, 3.8) is 0 Å². The fraction of sp³-hybridized carbons (Fsp3) is 0.909. The van der Waals surface area contributed by atoms with Crippen molar-refractivity contribution in [3.8, 4) is 0 Å². The highest BCUT2D eigenvalue weighted by molar-refractivity contribution is 5.80. The summed E-state index contributed by atoms with van der Waals surface area (Å²) in [7, 11) is 0. The summed E-state index contributed by atoms with van der Waals surface area (Å²) in [5, 5.41) is 0. The molecule has 0 atom stereocenters. The number of rotatable bonds is 8. The van der Waals surface area contributed by atoms with Gasteiger partial charge in [-0.2, -0.15) is 0 Å². The summed E-state index contributed by atoms with van der Waals surface area (Å²) in [6.45, 7) is 16.5. The third-order valence-electron chi connectivity index (χ3n) is 6.45. The second-order valence-electron chi connectivity index (χ2n) is 10.3. The van der Waals surface area contributed by atoms with Crippen molar-refractivity contribution in [2.75, 3.05) is 52.4 Å². The summed E-state index contributed by atoms with van der Waals surface area (Å²) in [5.74, 6) is 2.48. The third-order valence-corrected chi connectivity index (χ3v) is 6.45. The molecule has 0 unspecified atom stereocenters. The van der Waals surface area contributed by atoms with E-state index in [-0.39, 0.29) is 0 Å². The molecule has 1 aliphatic carbocycles. The van der Waals surface area contributed by atoms with E-state index in [0.717, 1.165) is 71.5 Å². The molecule has 3 rings (SSSR count). The van der Waals surface area contributed by atoms with Crippen molar-refractivity contribution in [2.45, 2.75) is 53.4 Å². The molecule has 0 aromatic carbocycles. The van der Waals surface area contributed by atoms with Gasteiger partial charge in [-0.25, -0.2) is 0 Å². The average Bonchev–Trinajstić information content (AvgIpc) is 2.48. The minimum atomic E-state index is 0.303. The van der Waals surface area contributed by atoms with Crippen molar-refractivity contribution < 1.29 is 9.59 Å². The second kappa shape index (κ2) is 8.60. The van der Waals surface area contributed by atoms with Crippen LogP contribution in [0.25, 0.3) is 0 Å². The number of carbonyl (C=O) groups excluding carboxylic acids is 2. The molecular weight excluding hydrogens is 338 g/mol. The fourth-order valence-electron chi connectivity index (χ4n) is 5.31. The van der Waals surface area contributed by atoms with E-state index >= 15 is 0 Å². The molecule has 2 saturated heterocycles. The highest BCUT2D eigenvalue weighted by Crippen LogP contribution is 2.53. The molecule has 2 heterocycles. The summed E-state index contributed by atoms with van der Waals surface area (Å²) >= 11 is 0. The van der Waals surface area contributed by atoms with E-state index in [1.807, 2.05) is 4.90 Å². The molecule has 154 valence electrons. The average molecular weight is 378 g/mol. The van der Waals surface area contributed by atoms with E-state index in [1.165, 1.54) is 0 Å². The lowest BCUT2D eigenvalue weighted by Crippen LogP contribution is -2.65. The Balaban J connectivity index is 1.30. The molecule has 2 aliphatic heterocycles. The molecule has 1 spiro atoms. The van der Waals surface area contributed by atoms with Crippen LogP contribution in [0.4, 0.5) is 0 Å². The highest BCUT2D eigenvalue weighted by Gasteiger charge is 2.53. The Hall–Kier alpha value is -0.940. The van der Waals surface area contributed by atoms with Crippen LogP contribution in [0.3, 0.4) is 0 Å². The summed E-state index contributed by atoms with van der Waals surface area (Å²) in [4.78, 5) is 31.4. The van der Waals surface area contributed by atoms with Crippen molar-refractivity contribution >= 4 is 11.7 Å². The lowest BCUT2D eigenvalue weighted by atomic mass is 9.56. The maximum atomic E-state index is 12.6. The van der Waals surface area contributed by atoms with Gasteiger partial charge in [0.25, 0.3) is 0 Å². The standard InChI is InChI=1S/C22H39N3O2/c1-17(2)9-20(26)10-19-11-22(12-19)15-25(16-22)21(27)14-24-7-5-23(6-8-24)13-18(3)4/h17-19H,5-16H2,1-4H3. The van der Waals surface area contributed by atoms with Gasteiger partial charge in [-0.05, 0) is 30.6 Å². The minimum Gasteiger partial charge on any atom is -0.340 e. The molecule has 0 aromatic heterocycles. The lowest BCUT2D eigenvalue weighted by Gasteiger charge is -2.59. The van der Waals surface area contributed by atoms with Gasteiger partial charge < -0.3 is 9.80 Å². The Morgan fingerprint density at radius 3 is 2.07 bits per heavy atom. The molecule has 1 amide bonds. The predicted molar refractivity (Wildman–Crippen MR) is 109 cm³/mol. The molecule has 27 heavy (non-hydrogen) atoms. The topological polar surface area (TPSA) is 43.9 Å². The van der Waals surface area contributed by atoms with Crippen molar-refractivity contribution in [2.24, 2.45) is 23.2 Å². The Morgan fingerprint density at radius 1 is 0.926 bits per heavy atom. The van der Waals surface area contributed by atoms with Gasteiger partial charge in [0.15, 0.2) is 0 Å². The van der Waals surface area contributed by atoms with Crippen molar-refractivity contribution in [3.05, 3.63) is 0 Å². The lowest BCUT2D eigenvalue weighted by molar-refractivity contribution is -0.158. The zero-order chi connectivity index (χ0) is 19.6. The zero-order valence-electron chi connectivity index (χ0n) is 17.9. The van der Waals surface area contributed by atoms with E-state index in [9.17, 15) is 9.59 Å². The summed E-state index contributed by atoms with van der Waals surface area (Å²) in [6.07, 6.45) is 3.77. The Labute approximate surface area is 165 Å². The van der Waals surface area contributed by atoms with E-state index in [0.29, 0.717) is 41.4 Å². The molecule has 5 heteroatoms. The van der Waals surface area contributed by atoms with Gasteiger partial charge in [0.2, 0.25) is 5.91 Å². The number of ketones is 1. The van der Waals surface area contributed by atoms with Gasteiger partial charge in [-0.1, -0.05) is 27.7 Å². The van der Waals surface area contributed by atoms with E-state index in [4.69, 9.17) is 0 Å². The van der Waals surface area contributed by atoms with Crippen LogP contribution in [0.1, 0.15) is 53.4 Å². The number of hydrogen-bond acceptors (Lipinski definition) is 4. The van der Waals surface area contributed by atoms with Gasteiger partial charge in [0, 0.05) is 64.1 Å². The first-order valence-electron chi connectivity index (χ1n) is 11.0. The first-order valence-corrected chi connectivity index (χ1v) is 11.0. The molecule has 0 aromatic rings. The van der Waals surface area contributed by atoms with Crippen LogP contribution < -0.4 is 0 Å². The predicted octanol–water partition coefficient (Wildman–Crippen LogP) is 2.50. The number of nitrogens with zero attached hydrogens (tertiary/aromatic N) is 3. The number of amides is 1. The number of carbonyl (C=O) groups is 2. The number of hydrogen-bond donors (Lipinski definition) is 0. The molecule has 3 fully saturated rings. The SMILES string of the molecule is CC(C)CC(=O)CC1CC2(C1)CN(C(=O)CN1CCN(CC(C)C)CC1)C2. The van der Waals surface area contributed by atoms with E-state index in [2.05, 4.69) is 37.5 Å². The zero-order valence-corrected chi connectivity index (χ0v) is 17.9. The Morgan fingerprint density at radius 2 is 1.52 bits per heavy atom. The van der Waals surface area contributed by atoms with Gasteiger partial charge in [0.1, 0.15) is 5.78 Å². The summed E-state index contributed by atoms with van der Waals surface area (Å²) in [6, 6.07) is 0. The maximum absolute atomic E-state index is 12.6. The van der Waals surface area contributed by atoms with Crippen LogP contribution in [0.15, 0.2) is 0 Å². The number of likely N-dealkylation sites (tertiary alicyclic amines) is 1. The molecule has 0 radical (unpaired) electrons.